The number of aliphatic hydroxyl groups is 1. The standard InChI is InChI=1S/C13H16ClF2NO.ClH/c14-8-5-6-9(15)10(11(8)16)12(17)13(18)7-3-1-2-4-7;/h5-7,12-13,18H,1-4,17H2;1H/t12-,13+;/m0./s1. The predicted octanol–water partition coefficient (Wildman–Crippen LogP) is 3.59. The Bertz CT molecular complexity index is 439. The van der Waals surface area contributed by atoms with E-state index in [-0.39, 0.29) is 28.9 Å². The first-order valence-corrected chi connectivity index (χ1v) is 6.47. The highest BCUT2D eigenvalue weighted by Gasteiger charge is 2.32. The Morgan fingerprint density at radius 1 is 1.26 bits per heavy atom. The van der Waals surface area contributed by atoms with Crippen molar-refractivity contribution in [1.29, 1.82) is 0 Å². The first-order valence-electron chi connectivity index (χ1n) is 6.09. The largest absolute Gasteiger partial charge is 0.391 e. The number of halogens is 4. The normalized spacial score (nSPS) is 19.0. The highest BCUT2D eigenvalue weighted by molar-refractivity contribution is 6.30. The first kappa shape index (κ1) is 16.6. The van der Waals surface area contributed by atoms with Crippen molar-refractivity contribution >= 4 is 24.0 Å². The highest BCUT2D eigenvalue weighted by atomic mass is 35.5. The third-order valence-electron chi connectivity index (χ3n) is 3.66. The molecule has 6 heteroatoms. The summed E-state index contributed by atoms with van der Waals surface area (Å²) >= 11 is 5.62. The molecule has 2 nitrogen and oxygen atoms in total. The summed E-state index contributed by atoms with van der Waals surface area (Å²) in [5.74, 6) is -1.62. The van der Waals surface area contributed by atoms with Crippen LogP contribution in [0.2, 0.25) is 5.02 Å². The molecule has 3 N–H and O–H groups in total. The van der Waals surface area contributed by atoms with E-state index in [0.717, 1.165) is 37.8 Å². The Morgan fingerprint density at radius 2 is 1.84 bits per heavy atom. The lowest BCUT2D eigenvalue weighted by atomic mass is 9.90. The molecule has 0 heterocycles. The van der Waals surface area contributed by atoms with Crippen LogP contribution in [0.25, 0.3) is 0 Å². The summed E-state index contributed by atoms with van der Waals surface area (Å²) in [6.45, 7) is 0. The number of hydrogen-bond acceptors (Lipinski definition) is 2. The zero-order chi connectivity index (χ0) is 13.3. The molecule has 19 heavy (non-hydrogen) atoms. The van der Waals surface area contributed by atoms with Crippen LogP contribution in [0.3, 0.4) is 0 Å². The summed E-state index contributed by atoms with van der Waals surface area (Å²) in [7, 11) is 0. The van der Waals surface area contributed by atoms with Gasteiger partial charge in [-0.2, -0.15) is 0 Å². The van der Waals surface area contributed by atoms with Gasteiger partial charge in [0.15, 0.2) is 0 Å². The van der Waals surface area contributed by atoms with Crippen molar-refractivity contribution in [2.75, 3.05) is 0 Å². The van der Waals surface area contributed by atoms with E-state index < -0.39 is 23.8 Å². The molecule has 0 unspecified atom stereocenters. The van der Waals surface area contributed by atoms with Crippen molar-refractivity contribution in [2.24, 2.45) is 11.7 Å². The molecule has 1 aromatic rings. The molecule has 2 atom stereocenters. The maximum atomic E-state index is 13.8. The van der Waals surface area contributed by atoms with Crippen molar-refractivity contribution in [1.82, 2.24) is 0 Å². The second-order valence-electron chi connectivity index (χ2n) is 4.82. The van der Waals surface area contributed by atoms with Gasteiger partial charge < -0.3 is 10.8 Å². The number of nitrogens with two attached hydrogens (primary N) is 1. The van der Waals surface area contributed by atoms with Crippen molar-refractivity contribution in [3.8, 4) is 0 Å². The van der Waals surface area contributed by atoms with Gasteiger partial charge in [0.2, 0.25) is 0 Å². The number of aliphatic hydroxyl groups excluding tert-OH is 1. The zero-order valence-corrected chi connectivity index (χ0v) is 11.9. The van der Waals surface area contributed by atoms with Crippen molar-refractivity contribution in [2.45, 2.75) is 37.8 Å². The summed E-state index contributed by atoms with van der Waals surface area (Å²) in [5.41, 5.74) is 5.48. The summed E-state index contributed by atoms with van der Waals surface area (Å²) in [5, 5.41) is 9.93. The van der Waals surface area contributed by atoms with E-state index in [4.69, 9.17) is 17.3 Å². The summed E-state index contributed by atoms with van der Waals surface area (Å²) in [4.78, 5) is 0. The minimum absolute atomic E-state index is 0. The third-order valence-corrected chi connectivity index (χ3v) is 3.96. The smallest absolute Gasteiger partial charge is 0.149 e. The molecule has 1 fully saturated rings. The molecular weight excluding hydrogens is 295 g/mol. The molecule has 0 bridgehead atoms. The summed E-state index contributed by atoms with van der Waals surface area (Å²) in [6, 6.07) is 1.14. The van der Waals surface area contributed by atoms with Crippen LogP contribution in [-0.2, 0) is 0 Å². The van der Waals surface area contributed by atoms with Crippen LogP contribution in [-0.4, -0.2) is 11.2 Å². The molecule has 0 spiro atoms. The van der Waals surface area contributed by atoms with Gasteiger partial charge in [0.25, 0.3) is 0 Å². The maximum Gasteiger partial charge on any atom is 0.149 e. The molecule has 1 aliphatic carbocycles. The Labute approximate surface area is 122 Å². The van der Waals surface area contributed by atoms with E-state index in [2.05, 4.69) is 0 Å². The van der Waals surface area contributed by atoms with Gasteiger partial charge in [0, 0.05) is 5.56 Å². The molecule has 1 aromatic carbocycles. The Morgan fingerprint density at radius 3 is 2.42 bits per heavy atom. The fourth-order valence-corrected chi connectivity index (χ4v) is 2.78. The molecule has 1 saturated carbocycles. The molecule has 0 aromatic heterocycles. The molecule has 0 saturated heterocycles. The summed E-state index contributed by atoms with van der Waals surface area (Å²) in [6.07, 6.45) is 2.80. The van der Waals surface area contributed by atoms with Crippen LogP contribution < -0.4 is 5.73 Å². The molecule has 1 aliphatic rings. The zero-order valence-electron chi connectivity index (χ0n) is 10.3. The van der Waals surface area contributed by atoms with Crippen LogP contribution in [0.4, 0.5) is 8.78 Å². The maximum absolute atomic E-state index is 13.8. The second-order valence-corrected chi connectivity index (χ2v) is 5.22. The fraction of sp³-hybridized carbons (Fsp3) is 0.538. The van der Waals surface area contributed by atoms with Crippen molar-refractivity contribution in [3.05, 3.63) is 34.4 Å². The number of benzene rings is 1. The Kier molecular flexibility index (Phi) is 5.99. The van der Waals surface area contributed by atoms with Gasteiger partial charge in [0.05, 0.1) is 17.2 Å². The average molecular weight is 312 g/mol. The van der Waals surface area contributed by atoms with E-state index in [1.165, 1.54) is 0 Å². The van der Waals surface area contributed by atoms with Crippen LogP contribution in [0.5, 0.6) is 0 Å². The van der Waals surface area contributed by atoms with Crippen LogP contribution in [0.15, 0.2) is 12.1 Å². The first-order chi connectivity index (χ1) is 8.52. The minimum atomic E-state index is -1.08. The van der Waals surface area contributed by atoms with Gasteiger partial charge in [-0.3, -0.25) is 0 Å². The average Bonchev–Trinajstić information content (AvgIpc) is 2.87. The van der Waals surface area contributed by atoms with Crippen LogP contribution in [0, 0.1) is 17.6 Å². The molecule has 0 amide bonds. The van der Waals surface area contributed by atoms with Gasteiger partial charge in [0.1, 0.15) is 11.6 Å². The second kappa shape index (κ2) is 6.84. The van der Waals surface area contributed by atoms with E-state index in [1.807, 2.05) is 0 Å². The third kappa shape index (κ3) is 3.37. The van der Waals surface area contributed by atoms with Gasteiger partial charge in [-0.1, -0.05) is 24.4 Å². The van der Waals surface area contributed by atoms with E-state index >= 15 is 0 Å². The Hall–Kier alpha value is -0.420. The highest BCUT2D eigenvalue weighted by Crippen LogP contribution is 2.35. The quantitative estimate of drug-likeness (QED) is 0.838. The Balaban J connectivity index is 0.00000180. The molecule has 108 valence electrons. The lowest BCUT2D eigenvalue weighted by Crippen LogP contribution is -2.33. The molecule has 0 radical (unpaired) electrons. The van der Waals surface area contributed by atoms with E-state index in [1.54, 1.807) is 0 Å². The monoisotopic (exact) mass is 311 g/mol. The minimum Gasteiger partial charge on any atom is -0.391 e. The van der Waals surface area contributed by atoms with E-state index in [9.17, 15) is 13.9 Å². The predicted molar refractivity (Wildman–Crippen MR) is 73.5 cm³/mol. The number of rotatable bonds is 3. The van der Waals surface area contributed by atoms with Gasteiger partial charge in [-0.15, -0.1) is 12.4 Å². The van der Waals surface area contributed by atoms with Crippen LogP contribution >= 0.6 is 24.0 Å². The molecular formula is C13H17Cl2F2NO. The van der Waals surface area contributed by atoms with Gasteiger partial charge >= 0.3 is 0 Å². The fourth-order valence-electron chi connectivity index (χ4n) is 2.61. The SMILES string of the molecule is Cl.N[C@@H](c1c(F)ccc(Cl)c1F)[C@H](O)C1CCCC1. The molecule has 2 rings (SSSR count). The number of hydrogen-bond donors (Lipinski definition) is 2. The summed E-state index contributed by atoms with van der Waals surface area (Å²) < 4.78 is 27.4. The van der Waals surface area contributed by atoms with Gasteiger partial charge in [-0.05, 0) is 30.9 Å². The van der Waals surface area contributed by atoms with Gasteiger partial charge in [-0.25, -0.2) is 8.78 Å². The molecule has 0 aliphatic heterocycles. The van der Waals surface area contributed by atoms with Crippen molar-refractivity contribution in [3.63, 3.8) is 0 Å². The lowest BCUT2D eigenvalue weighted by Gasteiger charge is -2.25. The van der Waals surface area contributed by atoms with Crippen LogP contribution in [0.1, 0.15) is 37.3 Å². The topological polar surface area (TPSA) is 46.2 Å². The van der Waals surface area contributed by atoms with E-state index in [0.29, 0.717) is 0 Å². The van der Waals surface area contributed by atoms with Crippen molar-refractivity contribution < 1.29 is 13.9 Å². The lowest BCUT2D eigenvalue weighted by molar-refractivity contribution is 0.0819.